The first-order valence-electron chi connectivity index (χ1n) is 11.7. The Bertz CT molecular complexity index is 1130. The van der Waals surface area contributed by atoms with E-state index in [1.54, 1.807) is 14.2 Å². The summed E-state index contributed by atoms with van der Waals surface area (Å²) >= 11 is 0. The van der Waals surface area contributed by atoms with E-state index < -0.39 is 15.5 Å². The van der Waals surface area contributed by atoms with Gasteiger partial charge in [-0.1, -0.05) is 18.2 Å². The molecule has 9 heteroatoms. The lowest BCUT2D eigenvalue weighted by molar-refractivity contribution is -0.129. The first-order chi connectivity index (χ1) is 16.5. The molecule has 2 aromatic carbocycles. The van der Waals surface area contributed by atoms with Crippen molar-refractivity contribution in [2.24, 2.45) is 0 Å². The molecular formula is C26H35NO7S. The second-order valence-corrected chi connectivity index (χ2v) is 10.8. The Morgan fingerprint density at radius 2 is 1.83 bits per heavy atom. The van der Waals surface area contributed by atoms with E-state index in [0.717, 1.165) is 23.1 Å². The Morgan fingerprint density at radius 3 is 2.49 bits per heavy atom. The molecule has 1 aliphatic rings. The van der Waals surface area contributed by atoms with Crippen molar-refractivity contribution < 1.29 is 31.6 Å². The third-order valence-corrected chi connectivity index (χ3v) is 6.80. The molecule has 3 rings (SSSR count). The summed E-state index contributed by atoms with van der Waals surface area (Å²) in [7, 11) is -0.423. The SMILES string of the molecule is COc1ccc([C@@]2(CCOS(C)(=O)=O)CCN(C(=O)Cc3cccc(OC(C)C)c3)C2)cc1OC. The van der Waals surface area contributed by atoms with Gasteiger partial charge in [0.25, 0.3) is 10.1 Å². The summed E-state index contributed by atoms with van der Waals surface area (Å²) in [5.41, 5.74) is 1.37. The molecule has 1 atom stereocenters. The third-order valence-electron chi connectivity index (χ3n) is 6.21. The molecule has 0 aromatic heterocycles. The standard InChI is InChI=1S/C26H35NO7S/c1-19(2)34-22-8-6-7-20(15-22)16-25(28)27-13-11-26(18-27,12-14-33-35(5,29)30)21-9-10-23(31-3)24(17-21)32-4/h6-10,15,17,19H,11-14,16,18H2,1-5H3/t26-/m1/s1. The molecule has 0 unspecified atom stereocenters. The number of hydrogen-bond donors (Lipinski definition) is 0. The zero-order valence-corrected chi connectivity index (χ0v) is 21.9. The van der Waals surface area contributed by atoms with Gasteiger partial charge in [-0.25, -0.2) is 0 Å². The van der Waals surface area contributed by atoms with Crippen LogP contribution in [0, 0.1) is 0 Å². The Balaban J connectivity index is 1.81. The highest BCUT2D eigenvalue weighted by atomic mass is 32.2. The van der Waals surface area contributed by atoms with Crippen LogP contribution in [0.15, 0.2) is 42.5 Å². The first kappa shape index (κ1) is 26.8. The molecule has 0 bridgehead atoms. The van der Waals surface area contributed by atoms with Gasteiger partial charge < -0.3 is 19.1 Å². The van der Waals surface area contributed by atoms with Crippen molar-refractivity contribution in [3.63, 3.8) is 0 Å². The number of rotatable bonds is 11. The van der Waals surface area contributed by atoms with Crippen molar-refractivity contribution in [3.05, 3.63) is 53.6 Å². The lowest BCUT2D eigenvalue weighted by Crippen LogP contribution is -2.36. The van der Waals surface area contributed by atoms with Gasteiger partial charge in [-0.05, 0) is 62.1 Å². The minimum absolute atomic E-state index is 0.0121. The first-order valence-corrected chi connectivity index (χ1v) is 13.5. The maximum atomic E-state index is 13.2. The van der Waals surface area contributed by atoms with Gasteiger partial charge in [-0.2, -0.15) is 8.42 Å². The molecule has 0 spiro atoms. The van der Waals surface area contributed by atoms with Crippen LogP contribution in [0.4, 0.5) is 0 Å². The summed E-state index contributed by atoms with van der Waals surface area (Å²) in [6, 6.07) is 13.3. The van der Waals surface area contributed by atoms with Gasteiger partial charge >= 0.3 is 0 Å². The van der Waals surface area contributed by atoms with Crippen LogP contribution in [-0.4, -0.2) is 65.5 Å². The zero-order valence-electron chi connectivity index (χ0n) is 21.1. The third kappa shape index (κ3) is 7.11. The number of ether oxygens (including phenoxy) is 3. The van der Waals surface area contributed by atoms with Crippen LogP contribution in [0.3, 0.4) is 0 Å². The Kier molecular flexibility index (Phi) is 8.66. The zero-order chi connectivity index (χ0) is 25.6. The van der Waals surface area contributed by atoms with Crippen molar-refractivity contribution in [3.8, 4) is 17.2 Å². The second-order valence-electron chi connectivity index (χ2n) is 9.18. The molecule has 35 heavy (non-hydrogen) atoms. The van der Waals surface area contributed by atoms with Crippen molar-refractivity contribution in [1.29, 1.82) is 0 Å². The molecule has 1 amide bonds. The van der Waals surface area contributed by atoms with Gasteiger partial charge in [0.2, 0.25) is 5.91 Å². The summed E-state index contributed by atoms with van der Waals surface area (Å²) in [6.07, 6.45) is 2.47. The predicted molar refractivity (Wildman–Crippen MR) is 134 cm³/mol. The number of nitrogens with zero attached hydrogens (tertiary/aromatic N) is 1. The molecule has 1 saturated heterocycles. The summed E-state index contributed by atoms with van der Waals surface area (Å²) in [5, 5.41) is 0. The van der Waals surface area contributed by atoms with Gasteiger partial charge in [0.15, 0.2) is 11.5 Å². The van der Waals surface area contributed by atoms with Gasteiger partial charge in [-0.3, -0.25) is 8.98 Å². The van der Waals surface area contributed by atoms with Crippen molar-refractivity contribution in [2.75, 3.05) is 40.2 Å². The van der Waals surface area contributed by atoms with E-state index >= 15 is 0 Å². The molecule has 8 nitrogen and oxygen atoms in total. The van der Waals surface area contributed by atoms with Crippen LogP contribution >= 0.6 is 0 Å². The van der Waals surface area contributed by atoms with E-state index in [9.17, 15) is 13.2 Å². The number of hydrogen-bond acceptors (Lipinski definition) is 7. The molecule has 0 aliphatic carbocycles. The quantitative estimate of drug-likeness (QED) is 0.431. The van der Waals surface area contributed by atoms with E-state index in [1.165, 1.54) is 0 Å². The van der Waals surface area contributed by atoms with E-state index in [0.29, 0.717) is 37.4 Å². The van der Waals surface area contributed by atoms with Crippen LogP contribution in [-0.2, 0) is 30.9 Å². The van der Waals surface area contributed by atoms with E-state index in [2.05, 4.69) is 0 Å². The minimum Gasteiger partial charge on any atom is -0.493 e. The van der Waals surface area contributed by atoms with Gasteiger partial charge in [0.05, 0.1) is 39.6 Å². The summed E-state index contributed by atoms with van der Waals surface area (Å²) < 4.78 is 44.8. The summed E-state index contributed by atoms with van der Waals surface area (Å²) in [6.45, 7) is 4.97. The highest BCUT2D eigenvalue weighted by Crippen LogP contribution is 2.41. The van der Waals surface area contributed by atoms with Crippen LogP contribution in [0.1, 0.15) is 37.8 Å². The highest BCUT2D eigenvalue weighted by Gasteiger charge is 2.41. The van der Waals surface area contributed by atoms with Crippen LogP contribution in [0.25, 0.3) is 0 Å². The average Bonchev–Trinajstić information content (AvgIpc) is 3.23. The topological polar surface area (TPSA) is 91.4 Å². The van der Waals surface area contributed by atoms with Gasteiger partial charge in [0, 0.05) is 18.5 Å². The largest absolute Gasteiger partial charge is 0.493 e. The van der Waals surface area contributed by atoms with Crippen molar-refractivity contribution in [2.45, 2.75) is 44.6 Å². The fraction of sp³-hybridized carbons (Fsp3) is 0.500. The molecule has 0 radical (unpaired) electrons. The second kappa shape index (κ2) is 11.3. The lowest BCUT2D eigenvalue weighted by atomic mass is 9.77. The molecular weight excluding hydrogens is 470 g/mol. The van der Waals surface area contributed by atoms with Crippen LogP contribution < -0.4 is 14.2 Å². The number of carbonyl (C=O) groups excluding carboxylic acids is 1. The highest BCUT2D eigenvalue weighted by molar-refractivity contribution is 7.85. The molecule has 0 saturated carbocycles. The Hall–Kier alpha value is -2.78. The van der Waals surface area contributed by atoms with E-state index in [-0.39, 0.29) is 25.0 Å². The number of carbonyl (C=O) groups is 1. The minimum atomic E-state index is -3.57. The maximum absolute atomic E-state index is 13.2. The fourth-order valence-corrected chi connectivity index (χ4v) is 4.90. The number of benzene rings is 2. The Labute approximate surface area is 208 Å². The number of likely N-dealkylation sites (tertiary alicyclic amines) is 1. The maximum Gasteiger partial charge on any atom is 0.264 e. The van der Waals surface area contributed by atoms with Gasteiger partial charge in [-0.15, -0.1) is 0 Å². The van der Waals surface area contributed by atoms with Gasteiger partial charge in [0.1, 0.15) is 5.75 Å². The molecule has 1 aliphatic heterocycles. The number of amides is 1. The fourth-order valence-electron chi connectivity index (χ4n) is 4.51. The molecule has 2 aromatic rings. The summed E-state index contributed by atoms with van der Waals surface area (Å²) in [5.74, 6) is 1.94. The summed E-state index contributed by atoms with van der Waals surface area (Å²) in [4.78, 5) is 15.1. The smallest absolute Gasteiger partial charge is 0.264 e. The van der Waals surface area contributed by atoms with E-state index in [1.807, 2.05) is 61.2 Å². The van der Waals surface area contributed by atoms with E-state index in [4.69, 9.17) is 18.4 Å². The van der Waals surface area contributed by atoms with Crippen molar-refractivity contribution in [1.82, 2.24) is 4.90 Å². The normalized spacial score (nSPS) is 18.1. The molecule has 1 heterocycles. The molecule has 0 N–H and O–H groups in total. The van der Waals surface area contributed by atoms with Crippen LogP contribution in [0.5, 0.6) is 17.2 Å². The number of methoxy groups -OCH3 is 2. The Morgan fingerprint density at radius 1 is 1.09 bits per heavy atom. The lowest BCUT2D eigenvalue weighted by Gasteiger charge is -2.30. The average molecular weight is 506 g/mol. The van der Waals surface area contributed by atoms with Crippen molar-refractivity contribution >= 4 is 16.0 Å². The van der Waals surface area contributed by atoms with Crippen LogP contribution in [0.2, 0.25) is 0 Å². The predicted octanol–water partition coefficient (Wildman–Crippen LogP) is 3.57. The molecule has 1 fully saturated rings. The monoisotopic (exact) mass is 505 g/mol. The molecule has 192 valence electrons.